The number of ether oxygens (including phenoxy) is 3. The van der Waals surface area contributed by atoms with Gasteiger partial charge in [0.2, 0.25) is 6.79 Å². The van der Waals surface area contributed by atoms with Gasteiger partial charge in [-0.2, -0.15) is 0 Å². The average Bonchev–Trinajstić information content (AvgIpc) is 2.81. The molecule has 1 aromatic rings. The second-order valence-corrected chi connectivity index (χ2v) is 4.86. The topological polar surface area (TPSA) is 57.0 Å². The van der Waals surface area contributed by atoms with Crippen LogP contribution >= 0.6 is 0 Å². The van der Waals surface area contributed by atoms with Crippen LogP contribution in [0.1, 0.15) is 12.0 Å². The molecule has 0 spiro atoms. The molecule has 19 heavy (non-hydrogen) atoms. The van der Waals surface area contributed by atoms with Crippen LogP contribution in [0.25, 0.3) is 0 Å². The quantitative estimate of drug-likeness (QED) is 0.753. The largest absolute Gasteiger partial charge is 0.493 e. The lowest BCUT2D eigenvalue weighted by Crippen LogP contribution is -2.16. The Morgan fingerprint density at radius 3 is 2.68 bits per heavy atom. The molecule has 1 heterocycles. The zero-order chi connectivity index (χ0) is 13.7. The molecule has 0 aliphatic carbocycles. The summed E-state index contributed by atoms with van der Waals surface area (Å²) in [7, 11) is 4.11. The van der Waals surface area contributed by atoms with Crippen LogP contribution in [0.4, 0.5) is 0 Å². The predicted octanol–water partition coefficient (Wildman–Crippen LogP) is 1.25. The second kappa shape index (κ2) is 6.63. The minimum absolute atomic E-state index is 0.279. The maximum Gasteiger partial charge on any atom is 0.231 e. The molecule has 5 heteroatoms. The van der Waals surface area contributed by atoms with Crippen molar-refractivity contribution in [1.29, 1.82) is 0 Å². The van der Waals surface area contributed by atoms with Crippen molar-refractivity contribution in [3.05, 3.63) is 17.7 Å². The van der Waals surface area contributed by atoms with Gasteiger partial charge in [0.25, 0.3) is 0 Å². The molecule has 0 unspecified atom stereocenters. The summed E-state index contributed by atoms with van der Waals surface area (Å²) < 4.78 is 16.6. The van der Waals surface area contributed by atoms with Crippen molar-refractivity contribution in [2.75, 3.05) is 40.6 Å². The molecule has 0 atom stereocenters. The Balaban J connectivity index is 2.01. The maximum atomic E-state index is 5.85. The van der Waals surface area contributed by atoms with E-state index in [0.717, 1.165) is 42.2 Å². The average molecular weight is 266 g/mol. The summed E-state index contributed by atoms with van der Waals surface area (Å²) in [4.78, 5) is 2.14. The highest BCUT2D eigenvalue weighted by molar-refractivity contribution is 5.51. The Morgan fingerprint density at radius 1 is 1.26 bits per heavy atom. The molecule has 0 saturated carbocycles. The van der Waals surface area contributed by atoms with Crippen LogP contribution in [0.3, 0.4) is 0 Å². The summed E-state index contributed by atoms with van der Waals surface area (Å²) in [5.41, 5.74) is 6.72. The zero-order valence-corrected chi connectivity index (χ0v) is 11.6. The number of rotatable bonds is 7. The van der Waals surface area contributed by atoms with E-state index in [1.54, 1.807) is 0 Å². The van der Waals surface area contributed by atoms with Crippen LogP contribution in [0, 0.1) is 0 Å². The molecule has 0 saturated heterocycles. The third-order valence-corrected chi connectivity index (χ3v) is 2.98. The smallest absolute Gasteiger partial charge is 0.231 e. The van der Waals surface area contributed by atoms with Crippen LogP contribution in [-0.4, -0.2) is 45.5 Å². The van der Waals surface area contributed by atoms with E-state index in [1.165, 1.54) is 0 Å². The van der Waals surface area contributed by atoms with Gasteiger partial charge in [-0.1, -0.05) is 0 Å². The predicted molar refractivity (Wildman–Crippen MR) is 74.0 cm³/mol. The molecule has 1 aliphatic heterocycles. The van der Waals surface area contributed by atoms with Crippen molar-refractivity contribution in [2.24, 2.45) is 5.73 Å². The van der Waals surface area contributed by atoms with Crippen molar-refractivity contribution >= 4 is 0 Å². The number of nitrogens with two attached hydrogens (primary N) is 1. The molecule has 0 amide bonds. The van der Waals surface area contributed by atoms with E-state index in [-0.39, 0.29) is 6.79 Å². The van der Waals surface area contributed by atoms with Crippen LogP contribution < -0.4 is 19.9 Å². The third-order valence-electron chi connectivity index (χ3n) is 2.98. The molecule has 1 aromatic carbocycles. The SMILES string of the molecule is CN(C)CCCOc1cc2c(cc1CCN)OCO2. The van der Waals surface area contributed by atoms with Crippen molar-refractivity contribution in [3.8, 4) is 17.2 Å². The van der Waals surface area contributed by atoms with E-state index in [9.17, 15) is 0 Å². The molecular formula is C14H22N2O3. The summed E-state index contributed by atoms with van der Waals surface area (Å²) in [6.07, 6.45) is 1.77. The zero-order valence-electron chi connectivity index (χ0n) is 11.6. The van der Waals surface area contributed by atoms with Crippen LogP contribution in [0.15, 0.2) is 12.1 Å². The molecule has 1 aliphatic rings. The number of nitrogens with zero attached hydrogens (tertiary/aromatic N) is 1. The first-order chi connectivity index (χ1) is 9.20. The number of hydrogen-bond donors (Lipinski definition) is 1. The summed E-state index contributed by atoms with van der Waals surface area (Å²) in [5.74, 6) is 2.39. The van der Waals surface area contributed by atoms with Gasteiger partial charge in [-0.15, -0.1) is 0 Å². The third kappa shape index (κ3) is 3.75. The van der Waals surface area contributed by atoms with Gasteiger partial charge in [-0.25, -0.2) is 0 Å². The monoisotopic (exact) mass is 266 g/mol. The van der Waals surface area contributed by atoms with Gasteiger partial charge in [-0.3, -0.25) is 0 Å². The van der Waals surface area contributed by atoms with Crippen LogP contribution in [0.2, 0.25) is 0 Å². The summed E-state index contributed by atoms with van der Waals surface area (Å²) in [6.45, 7) is 2.57. The van der Waals surface area contributed by atoms with Crippen molar-refractivity contribution in [3.63, 3.8) is 0 Å². The first-order valence-electron chi connectivity index (χ1n) is 6.61. The maximum absolute atomic E-state index is 5.85. The van der Waals surface area contributed by atoms with E-state index in [2.05, 4.69) is 19.0 Å². The Hall–Kier alpha value is -1.46. The van der Waals surface area contributed by atoms with E-state index in [4.69, 9.17) is 19.9 Å². The van der Waals surface area contributed by atoms with E-state index in [0.29, 0.717) is 13.2 Å². The van der Waals surface area contributed by atoms with Gasteiger partial charge in [-0.05, 0) is 45.1 Å². The van der Waals surface area contributed by atoms with E-state index >= 15 is 0 Å². The highest BCUT2D eigenvalue weighted by Gasteiger charge is 2.17. The first kappa shape index (κ1) is 14.0. The number of hydrogen-bond acceptors (Lipinski definition) is 5. The Bertz CT molecular complexity index is 421. The van der Waals surface area contributed by atoms with Gasteiger partial charge >= 0.3 is 0 Å². The molecular weight excluding hydrogens is 244 g/mol. The molecule has 0 fully saturated rings. The molecule has 2 N–H and O–H groups in total. The minimum atomic E-state index is 0.279. The lowest BCUT2D eigenvalue weighted by atomic mass is 10.1. The van der Waals surface area contributed by atoms with E-state index in [1.807, 2.05) is 12.1 Å². The van der Waals surface area contributed by atoms with Gasteiger partial charge in [0.1, 0.15) is 5.75 Å². The standard InChI is InChI=1S/C14H22N2O3/c1-16(2)6-3-7-17-12-9-14-13(18-10-19-14)8-11(12)4-5-15/h8-9H,3-7,10,15H2,1-2H3. The van der Waals surface area contributed by atoms with Crippen molar-refractivity contribution in [2.45, 2.75) is 12.8 Å². The summed E-state index contributed by atoms with van der Waals surface area (Å²) in [5, 5.41) is 0. The first-order valence-corrected chi connectivity index (χ1v) is 6.61. The molecule has 0 bridgehead atoms. The lowest BCUT2D eigenvalue weighted by Gasteiger charge is -2.13. The summed E-state index contributed by atoms with van der Waals surface area (Å²) >= 11 is 0. The lowest BCUT2D eigenvalue weighted by molar-refractivity contribution is 0.173. The van der Waals surface area contributed by atoms with Gasteiger partial charge in [0.15, 0.2) is 11.5 Å². The van der Waals surface area contributed by atoms with Gasteiger partial charge in [0.05, 0.1) is 6.61 Å². The molecule has 0 aromatic heterocycles. The minimum Gasteiger partial charge on any atom is -0.493 e. The Kier molecular flexibility index (Phi) is 4.87. The Morgan fingerprint density at radius 2 is 2.00 bits per heavy atom. The number of benzene rings is 1. The molecule has 106 valence electrons. The molecule has 5 nitrogen and oxygen atoms in total. The van der Waals surface area contributed by atoms with Crippen molar-refractivity contribution in [1.82, 2.24) is 4.90 Å². The molecule has 0 radical (unpaired) electrons. The van der Waals surface area contributed by atoms with E-state index < -0.39 is 0 Å². The summed E-state index contributed by atoms with van der Waals surface area (Å²) in [6, 6.07) is 3.87. The van der Waals surface area contributed by atoms with Crippen LogP contribution in [0.5, 0.6) is 17.2 Å². The highest BCUT2D eigenvalue weighted by atomic mass is 16.7. The number of fused-ring (bicyclic) bond motifs is 1. The highest BCUT2D eigenvalue weighted by Crippen LogP contribution is 2.38. The molecule has 2 rings (SSSR count). The Labute approximate surface area is 114 Å². The van der Waals surface area contributed by atoms with Gasteiger partial charge < -0.3 is 24.8 Å². The fraction of sp³-hybridized carbons (Fsp3) is 0.571. The van der Waals surface area contributed by atoms with Crippen molar-refractivity contribution < 1.29 is 14.2 Å². The van der Waals surface area contributed by atoms with Crippen LogP contribution in [-0.2, 0) is 6.42 Å². The second-order valence-electron chi connectivity index (χ2n) is 4.86. The fourth-order valence-corrected chi connectivity index (χ4v) is 2.01. The fourth-order valence-electron chi connectivity index (χ4n) is 2.01. The van der Waals surface area contributed by atoms with Gasteiger partial charge in [0, 0.05) is 12.6 Å². The normalized spacial score (nSPS) is 13.1.